The van der Waals surface area contributed by atoms with Gasteiger partial charge in [0.15, 0.2) is 5.69 Å². The van der Waals surface area contributed by atoms with Crippen LogP contribution in [0.3, 0.4) is 0 Å². The molecule has 1 amide bonds. The highest BCUT2D eigenvalue weighted by atomic mass is 16.3. The number of para-hydroxylation sites is 1. The summed E-state index contributed by atoms with van der Waals surface area (Å²) < 4.78 is 0. The molecule has 2 aromatic heterocycles. The van der Waals surface area contributed by atoms with E-state index in [0.717, 1.165) is 16.8 Å². The summed E-state index contributed by atoms with van der Waals surface area (Å²) in [6.45, 7) is 3.80. The van der Waals surface area contributed by atoms with E-state index in [1.54, 1.807) is 25.1 Å². The van der Waals surface area contributed by atoms with Crippen LogP contribution in [0.15, 0.2) is 70.9 Å². The minimum atomic E-state index is -0.509. The Morgan fingerprint density at radius 2 is 1.75 bits per heavy atom. The number of amides is 1. The second kappa shape index (κ2) is 7.08. The van der Waals surface area contributed by atoms with Crippen molar-refractivity contribution in [3.8, 4) is 17.1 Å². The van der Waals surface area contributed by atoms with Crippen LogP contribution in [0.25, 0.3) is 22.2 Å². The van der Waals surface area contributed by atoms with E-state index < -0.39 is 5.91 Å². The van der Waals surface area contributed by atoms with Crippen LogP contribution in [0.4, 0.5) is 5.69 Å². The van der Waals surface area contributed by atoms with E-state index in [1.165, 1.54) is 5.56 Å². The average molecular weight is 370 g/mol. The molecule has 0 aliphatic carbocycles. The molecule has 2 N–H and O–H groups in total. The fourth-order valence-electron chi connectivity index (χ4n) is 3.04. The lowest BCUT2D eigenvalue weighted by Gasteiger charge is -2.05. The third kappa shape index (κ3) is 3.27. The van der Waals surface area contributed by atoms with Crippen molar-refractivity contribution in [1.29, 1.82) is 0 Å². The first-order chi connectivity index (χ1) is 13.5. The highest BCUT2D eigenvalue weighted by Gasteiger charge is 2.13. The Kier molecular flexibility index (Phi) is 4.45. The van der Waals surface area contributed by atoms with Gasteiger partial charge in [0.25, 0.3) is 5.91 Å². The SMILES string of the molecule is Cc1ccc(-c2ccc(C(=O)N=Nc3c(O)[nH]c4ccccc34)c(C)n2)cc1. The second-order valence-corrected chi connectivity index (χ2v) is 6.57. The lowest BCUT2D eigenvalue weighted by Crippen LogP contribution is -2.00. The summed E-state index contributed by atoms with van der Waals surface area (Å²) in [5.41, 5.74) is 4.86. The van der Waals surface area contributed by atoms with Gasteiger partial charge < -0.3 is 10.1 Å². The minimum absolute atomic E-state index is 0.123. The van der Waals surface area contributed by atoms with Crippen molar-refractivity contribution in [1.82, 2.24) is 9.97 Å². The number of aryl methyl sites for hydroxylation is 2. The smallest absolute Gasteiger partial charge is 0.297 e. The van der Waals surface area contributed by atoms with Crippen LogP contribution in [0.5, 0.6) is 5.88 Å². The molecule has 0 spiro atoms. The number of nitrogens with one attached hydrogen (secondary N) is 1. The van der Waals surface area contributed by atoms with Gasteiger partial charge >= 0.3 is 0 Å². The summed E-state index contributed by atoms with van der Waals surface area (Å²) in [4.78, 5) is 19.8. The van der Waals surface area contributed by atoms with Crippen LogP contribution in [0, 0.1) is 13.8 Å². The van der Waals surface area contributed by atoms with Crippen molar-refractivity contribution in [2.45, 2.75) is 13.8 Å². The van der Waals surface area contributed by atoms with Crippen LogP contribution >= 0.6 is 0 Å². The molecular formula is C22H18N4O2. The van der Waals surface area contributed by atoms with Crippen molar-refractivity contribution in [3.63, 3.8) is 0 Å². The number of benzene rings is 2. The number of hydrogen-bond acceptors (Lipinski definition) is 4. The van der Waals surface area contributed by atoms with Gasteiger partial charge in [-0.15, -0.1) is 10.2 Å². The zero-order chi connectivity index (χ0) is 19.7. The molecular weight excluding hydrogens is 352 g/mol. The number of fused-ring (bicyclic) bond motifs is 1. The van der Waals surface area contributed by atoms with Crippen molar-refractivity contribution in [2.24, 2.45) is 10.2 Å². The molecule has 6 heteroatoms. The average Bonchev–Trinajstić information content (AvgIpc) is 3.01. The molecule has 0 unspecified atom stereocenters. The molecule has 2 heterocycles. The molecule has 0 radical (unpaired) electrons. The van der Waals surface area contributed by atoms with E-state index in [2.05, 4.69) is 20.2 Å². The lowest BCUT2D eigenvalue weighted by atomic mass is 10.1. The molecule has 0 aliphatic rings. The third-order valence-electron chi connectivity index (χ3n) is 4.56. The number of hydrogen-bond donors (Lipinski definition) is 2. The molecule has 0 bridgehead atoms. The number of rotatable bonds is 3. The van der Waals surface area contributed by atoms with Crippen LogP contribution in [-0.2, 0) is 0 Å². The summed E-state index contributed by atoms with van der Waals surface area (Å²) in [7, 11) is 0. The van der Waals surface area contributed by atoms with Crippen LogP contribution in [-0.4, -0.2) is 21.0 Å². The van der Waals surface area contributed by atoms with Crippen molar-refractivity contribution in [2.75, 3.05) is 0 Å². The van der Waals surface area contributed by atoms with Crippen LogP contribution in [0.1, 0.15) is 21.6 Å². The largest absolute Gasteiger partial charge is 0.493 e. The zero-order valence-corrected chi connectivity index (χ0v) is 15.5. The molecule has 0 fully saturated rings. The van der Waals surface area contributed by atoms with Gasteiger partial charge in [0.2, 0.25) is 5.88 Å². The molecule has 2 aromatic carbocycles. The van der Waals surface area contributed by atoms with Gasteiger partial charge in [-0.2, -0.15) is 0 Å². The van der Waals surface area contributed by atoms with Crippen LogP contribution in [0.2, 0.25) is 0 Å². The molecule has 0 saturated carbocycles. The first kappa shape index (κ1) is 17.6. The molecule has 4 rings (SSSR count). The van der Waals surface area contributed by atoms with E-state index in [9.17, 15) is 9.90 Å². The van der Waals surface area contributed by atoms with Crippen LogP contribution < -0.4 is 0 Å². The Morgan fingerprint density at radius 3 is 2.50 bits per heavy atom. The number of aromatic nitrogens is 2. The van der Waals surface area contributed by atoms with Gasteiger partial charge in [-0.1, -0.05) is 48.0 Å². The Balaban J connectivity index is 1.62. The number of H-pyrrole nitrogens is 1. The third-order valence-corrected chi connectivity index (χ3v) is 4.56. The monoisotopic (exact) mass is 370 g/mol. The van der Waals surface area contributed by atoms with Crippen molar-refractivity contribution >= 4 is 22.5 Å². The van der Waals surface area contributed by atoms with Gasteiger partial charge in [-0.05, 0) is 32.0 Å². The molecule has 0 atom stereocenters. The number of aromatic amines is 1. The predicted molar refractivity (Wildman–Crippen MR) is 108 cm³/mol. The lowest BCUT2D eigenvalue weighted by molar-refractivity contribution is 0.0994. The number of azo groups is 1. The molecule has 0 saturated heterocycles. The van der Waals surface area contributed by atoms with Gasteiger partial charge in [0.05, 0.1) is 22.5 Å². The summed E-state index contributed by atoms with van der Waals surface area (Å²) in [6.07, 6.45) is 0. The number of carbonyl (C=O) groups is 1. The maximum atomic E-state index is 12.5. The van der Waals surface area contributed by atoms with E-state index in [0.29, 0.717) is 16.6 Å². The minimum Gasteiger partial charge on any atom is -0.493 e. The molecule has 28 heavy (non-hydrogen) atoms. The number of nitrogens with zero attached hydrogens (tertiary/aromatic N) is 3. The Bertz CT molecular complexity index is 1210. The first-order valence-electron chi connectivity index (χ1n) is 8.83. The quantitative estimate of drug-likeness (QED) is 0.468. The van der Waals surface area contributed by atoms with E-state index in [-0.39, 0.29) is 11.6 Å². The van der Waals surface area contributed by atoms with Gasteiger partial charge in [0.1, 0.15) is 0 Å². The fraction of sp³-hybridized carbons (Fsp3) is 0.0909. The highest BCUT2D eigenvalue weighted by Crippen LogP contribution is 2.35. The highest BCUT2D eigenvalue weighted by molar-refractivity contribution is 5.97. The normalized spacial score (nSPS) is 11.4. The Hall–Kier alpha value is -3.80. The number of carbonyl (C=O) groups excluding carboxylic acids is 1. The predicted octanol–water partition coefficient (Wildman–Crippen LogP) is 5.48. The van der Waals surface area contributed by atoms with Gasteiger partial charge in [0, 0.05) is 10.9 Å². The summed E-state index contributed by atoms with van der Waals surface area (Å²) in [6, 6.07) is 18.8. The maximum absolute atomic E-state index is 12.5. The molecule has 138 valence electrons. The maximum Gasteiger partial charge on any atom is 0.297 e. The summed E-state index contributed by atoms with van der Waals surface area (Å²) >= 11 is 0. The van der Waals surface area contributed by atoms with Gasteiger partial charge in [-0.25, -0.2) is 0 Å². The Morgan fingerprint density at radius 1 is 1.00 bits per heavy atom. The topological polar surface area (TPSA) is 90.7 Å². The summed E-state index contributed by atoms with van der Waals surface area (Å²) in [5.74, 6) is -0.632. The first-order valence-corrected chi connectivity index (χ1v) is 8.83. The standard InChI is InChI=1S/C22H18N4O2/c1-13-7-9-15(10-8-13)18-12-11-16(14(2)23-18)21(27)26-25-20-17-5-3-4-6-19(17)24-22(20)28/h3-12,24,28H,1-2H3. The van der Waals surface area contributed by atoms with E-state index >= 15 is 0 Å². The van der Waals surface area contributed by atoms with Crippen molar-refractivity contribution < 1.29 is 9.90 Å². The summed E-state index contributed by atoms with van der Waals surface area (Å²) in [5, 5.41) is 18.5. The van der Waals surface area contributed by atoms with Gasteiger partial charge in [-0.3, -0.25) is 9.78 Å². The zero-order valence-electron chi connectivity index (χ0n) is 15.5. The Labute approximate surface area is 161 Å². The van der Waals surface area contributed by atoms with E-state index in [1.807, 2.05) is 49.4 Å². The fourth-order valence-corrected chi connectivity index (χ4v) is 3.04. The van der Waals surface area contributed by atoms with Crippen molar-refractivity contribution in [3.05, 3.63) is 77.5 Å². The second-order valence-electron chi connectivity index (χ2n) is 6.57. The van der Waals surface area contributed by atoms with E-state index in [4.69, 9.17) is 0 Å². The molecule has 0 aliphatic heterocycles. The number of pyridine rings is 1. The molecule has 4 aromatic rings. The number of aromatic hydroxyl groups is 1. The molecule has 6 nitrogen and oxygen atoms in total.